The van der Waals surface area contributed by atoms with Crippen molar-refractivity contribution in [3.8, 4) is 0 Å². The van der Waals surface area contributed by atoms with E-state index in [9.17, 15) is 0 Å². The van der Waals surface area contributed by atoms with Crippen molar-refractivity contribution < 1.29 is 0 Å². The summed E-state index contributed by atoms with van der Waals surface area (Å²) in [6.07, 6.45) is 0. The Morgan fingerprint density at radius 3 is 2.92 bits per heavy atom. The van der Waals surface area contributed by atoms with Crippen molar-refractivity contribution in [1.29, 1.82) is 0 Å². The fourth-order valence-corrected chi connectivity index (χ4v) is 1.40. The standard InChI is InChI=1S/C8H7Cl2N3/c9-5-8(10)13-7-4-2-1-3-6(7)11-12-13/h1-5,11-12H. The van der Waals surface area contributed by atoms with Gasteiger partial charge in [0, 0.05) is 5.54 Å². The molecule has 0 bridgehead atoms. The molecule has 0 fully saturated rings. The number of fused-ring (bicyclic) bond motifs is 1. The first kappa shape index (κ1) is 8.69. The number of rotatable bonds is 1. The number of hydrogen-bond donors (Lipinski definition) is 2. The number of anilines is 2. The van der Waals surface area contributed by atoms with Crippen LogP contribution in [0.25, 0.3) is 0 Å². The Morgan fingerprint density at radius 1 is 1.38 bits per heavy atom. The van der Waals surface area contributed by atoms with Crippen LogP contribution in [-0.4, -0.2) is 0 Å². The molecule has 0 aliphatic carbocycles. The van der Waals surface area contributed by atoms with Gasteiger partial charge in [-0.15, -0.1) is 5.53 Å². The maximum Gasteiger partial charge on any atom is 0.137 e. The van der Waals surface area contributed by atoms with Crippen LogP contribution in [0.4, 0.5) is 11.4 Å². The molecule has 68 valence electrons. The molecule has 0 unspecified atom stereocenters. The van der Waals surface area contributed by atoms with Gasteiger partial charge >= 0.3 is 0 Å². The molecule has 3 nitrogen and oxygen atoms in total. The number of nitrogens with one attached hydrogen (secondary N) is 2. The lowest BCUT2D eigenvalue weighted by atomic mass is 10.3. The summed E-state index contributed by atoms with van der Waals surface area (Å²) in [5, 5.41) is 2.07. The summed E-state index contributed by atoms with van der Waals surface area (Å²) in [6, 6.07) is 7.75. The van der Waals surface area contributed by atoms with Gasteiger partial charge < -0.3 is 5.43 Å². The van der Waals surface area contributed by atoms with Gasteiger partial charge in [-0.05, 0) is 12.1 Å². The van der Waals surface area contributed by atoms with Crippen molar-refractivity contribution in [2.45, 2.75) is 0 Å². The van der Waals surface area contributed by atoms with Gasteiger partial charge in [-0.25, -0.2) is 5.01 Å². The van der Waals surface area contributed by atoms with E-state index in [1.165, 1.54) is 5.54 Å². The molecule has 13 heavy (non-hydrogen) atoms. The van der Waals surface area contributed by atoms with E-state index in [0.717, 1.165) is 11.4 Å². The van der Waals surface area contributed by atoms with Crippen LogP contribution in [0.2, 0.25) is 0 Å². The quantitative estimate of drug-likeness (QED) is 0.706. The topological polar surface area (TPSA) is 27.3 Å². The Morgan fingerprint density at radius 2 is 2.15 bits per heavy atom. The number of benzene rings is 1. The maximum absolute atomic E-state index is 5.85. The minimum absolute atomic E-state index is 0.416. The van der Waals surface area contributed by atoms with Crippen molar-refractivity contribution in [3.05, 3.63) is 35.0 Å². The molecule has 1 aliphatic heterocycles. The van der Waals surface area contributed by atoms with Crippen molar-refractivity contribution in [2.75, 3.05) is 10.4 Å². The molecule has 1 aromatic carbocycles. The zero-order chi connectivity index (χ0) is 9.26. The average molecular weight is 216 g/mol. The second-order valence-corrected chi connectivity index (χ2v) is 3.13. The van der Waals surface area contributed by atoms with E-state index >= 15 is 0 Å². The molecular formula is C8H7Cl2N3. The van der Waals surface area contributed by atoms with Crippen molar-refractivity contribution in [1.82, 2.24) is 5.53 Å². The lowest BCUT2D eigenvalue weighted by molar-refractivity contribution is 0.846. The predicted molar refractivity (Wildman–Crippen MR) is 55.5 cm³/mol. The van der Waals surface area contributed by atoms with E-state index in [0.29, 0.717) is 5.16 Å². The molecule has 1 aromatic rings. The highest BCUT2D eigenvalue weighted by Crippen LogP contribution is 2.31. The second kappa shape index (κ2) is 3.46. The SMILES string of the molecule is ClC=C(Cl)N1NNc2ccccc21. The largest absolute Gasteiger partial charge is 0.301 e. The second-order valence-electron chi connectivity index (χ2n) is 2.52. The third-order valence-corrected chi connectivity index (χ3v) is 2.35. The van der Waals surface area contributed by atoms with Gasteiger partial charge in [-0.3, -0.25) is 0 Å². The Labute approximate surface area is 85.9 Å². The molecule has 1 heterocycles. The van der Waals surface area contributed by atoms with Gasteiger partial charge in [0.2, 0.25) is 0 Å². The van der Waals surface area contributed by atoms with Crippen LogP contribution in [0.3, 0.4) is 0 Å². The summed E-state index contributed by atoms with van der Waals surface area (Å²) in [5.74, 6) is 0. The van der Waals surface area contributed by atoms with Gasteiger partial charge in [0.05, 0.1) is 11.4 Å². The molecule has 5 heteroatoms. The molecule has 0 amide bonds. The molecule has 2 rings (SSSR count). The Balaban J connectivity index is 2.39. The molecule has 0 atom stereocenters. The summed E-state index contributed by atoms with van der Waals surface area (Å²) in [4.78, 5) is 0. The van der Waals surface area contributed by atoms with E-state index in [1.807, 2.05) is 24.3 Å². The first-order chi connectivity index (χ1) is 6.33. The molecular weight excluding hydrogens is 209 g/mol. The summed E-state index contributed by atoms with van der Waals surface area (Å²) in [6.45, 7) is 0. The zero-order valence-electron chi connectivity index (χ0n) is 6.59. The predicted octanol–water partition coefficient (Wildman–Crippen LogP) is 2.61. The normalized spacial score (nSPS) is 15.5. The minimum atomic E-state index is 0.416. The number of hydrogen-bond acceptors (Lipinski definition) is 3. The van der Waals surface area contributed by atoms with Crippen LogP contribution in [-0.2, 0) is 0 Å². The molecule has 2 N–H and O–H groups in total. The van der Waals surface area contributed by atoms with E-state index in [2.05, 4.69) is 11.0 Å². The lowest BCUT2D eigenvalue weighted by Gasteiger charge is -2.14. The summed E-state index contributed by atoms with van der Waals surface area (Å²) < 4.78 is 0. The summed E-state index contributed by atoms with van der Waals surface area (Å²) >= 11 is 11.3. The third kappa shape index (κ3) is 1.46. The molecule has 0 saturated carbocycles. The number of hydrazine groups is 2. The lowest BCUT2D eigenvalue weighted by Crippen LogP contribution is -2.33. The van der Waals surface area contributed by atoms with Gasteiger partial charge in [0.15, 0.2) is 0 Å². The van der Waals surface area contributed by atoms with Gasteiger partial charge in [0.25, 0.3) is 0 Å². The van der Waals surface area contributed by atoms with E-state index in [1.54, 1.807) is 5.01 Å². The van der Waals surface area contributed by atoms with Gasteiger partial charge in [-0.2, -0.15) is 0 Å². The van der Waals surface area contributed by atoms with Crippen LogP contribution in [0.1, 0.15) is 0 Å². The first-order valence-electron chi connectivity index (χ1n) is 3.69. The first-order valence-corrected chi connectivity index (χ1v) is 4.51. The smallest absolute Gasteiger partial charge is 0.137 e. The minimum Gasteiger partial charge on any atom is -0.301 e. The highest BCUT2D eigenvalue weighted by atomic mass is 35.5. The highest BCUT2D eigenvalue weighted by molar-refractivity contribution is 6.37. The summed E-state index contributed by atoms with van der Waals surface area (Å²) in [5.41, 5.74) is 9.05. The van der Waals surface area contributed by atoms with E-state index in [4.69, 9.17) is 23.2 Å². The van der Waals surface area contributed by atoms with Crippen molar-refractivity contribution in [2.24, 2.45) is 0 Å². The molecule has 0 spiro atoms. The molecule has 0 radical (unpaired) electrons. The van der Waals surface area contributed by atoms with Crippen LogP contribution >= 0.6 is 23.2 Å². The Bertz CT molecular complexity index is 351. The van der Waals surface area contributed by atoms with E-state index in [-0.39, 0.29) is 0 Å². The van der Waals surface area contributed by atoms with Crippen molar-refractivity contribution >= 4 is 34.6 Å². The van der Waals surface area contributed by atoms with Gasteiger partial charge in [0.1, 0.15) is 5.16 Å². The summed E-state index contributed by atoms with van der Waals surface area (Å²) in [7, 11) is 0. The highest BCUT2D eigenvalue weighted by Gasteiger charge is 2.19. The fourth-order valence-electron chi connectivity index (χ4n) is 1.17. The van der Waals surface area contributed by atoms with Crippen LogP contribution in [0, 0.1) is 0 Å². The maximum atomic E-state index is 5.85. The molecule has 0 saturated heterocycles. The van der Waals surface area contributed by atoms with Gasteiger partial charge in [-0.1, -0.05) is 35.3 Å². The van der Waals surface area contributed by atoms with Crippen LogP contribution in [0.5, 0.6) is 0 Å². The number of para-hydroxylation sites is 2. The monoisotopic (exact) mass is 215 g/mol. The third-order valence-electron chi connectivity index (χ3n) is 1.75. The zero-order valence-corrected chi connectivity index (χ0v) is 8.10. The van der Waals surface area contributed by atoms with Crippen LogP contribution < -0.4 is 16.0 Å². The average Bonchev–Trinajstić information content (AvgIpc) is 2.60. The molecule has 1 aliphatic rings. The fraction of sp³-hybridized carbons (Fsp3) is 0. The van der Waals surface area contributed by atoms with Crippen LogP contribution in [0.15, 0.2) is 35.0 Å². The molecule has 0 aromatic heterocycles. The Kier molecular flexibility index (Phi) is 2.31. The van der Waals surface area contributed by atoms with Crippen molar-refractivity contribution in [3.63, 3.8) is 0 Å². The number of halogens is 2. The number of nitrogens with zero attached hydrogens (tertiary/aromatic N) is 1. The Hall–Kier alpha value is -0.900. The van der Waals surface area contributed by atoms with E-state index < -0.39 is 0 Å².